The number of hydrogen-bond acceptors (Lipinski definition) is 5. The molecule has 1 saturated heterocycles. The molecule has 0 bridgehead atoms. The Labute approximate surface area is 124 Å². The first-order valence-electron chi connectivity index (χ1n) is 7.88. The molecular weight excluding hydrogens is 266 g/mol. The lowest BCUT2D eigenvalue weighted by Crippen LogP contribution is -2.35. The summed E-state index contributed by atoms with van der Waals surface area (Å²) in [6.07, 6.45) is 8.70. The molecule has 1 saturated carbocycles. The Kier molecular flexibility index (Phi) is 3.25. The number of likely N-dealkylation sites (tertiary alicyclic amines) is 1. The highest BCUT2D eigenvalue weighted by Crippen LogP contribution is 2.39. The van der Waals surface area contributed by atoms with Gasteiger partial charge in [-0.25, -0.2) is 0 Å². The van der Waals surface area contributed by atoms with Gasteiger partial charge in [-0.05, 0) is 45.2 Å². The standard InChI is InChI=1S/C15H21N5O/c1-11(15-17-14(18-21-15)12-5-6-12)20-9-2-4-13(20)10-19-8-3-7-16-19/h3,7-8,11-13H,2,4-6,9-10H2,1H3/t11-,13-/m1/s1. The third-order valence-corrected chi connectivity index (χ3v) is 4.63. The molecule has 21 heavy (non-hydrogen) atoms. The highest BCUT2D eigenvalue weighted by Gasteiger charge is 2.34. The predicted molar refractivity (Wildman–Crippen MR) is 76.6 cm³/mol. The largest absolute Gasteiger partial charge is 0.338 e. The molecule has 2 aromatic rings. The molecule has 2 atom stereocenters. The normalized spacial score (nSPS) is 24.5. The van der Waals surface area contributed by atoms with Gasteiger partial charge in [-0.2, -0.15) is 10.1 Å². The van der Waals surface area contributed by atoms with Crippen LogP contribution in [-0.4, -0.2) is 37.4 Å². The van der Waals surface area contributed by atoms with E-state index < -0.39 is 0 Å². The van der Waals surface area contributed by atoms with Gasteiger partial charge in [-0.1, -0.05) is 5.16 Å². The van der Waals surface area contributed by atoms with Crippen molar-refractivity contribution in [2.45, 2.75) is 57.2 Å². The van der Waals surface area contributed by atoms with Crippen molar-refractivity contribution in [3.05, 3.63) is 30.2 Å². The van der Waals surface area contributed by atoms with E-state index in [1.807, 2.05) is 23.1 Å². The van der Waals surface area contributed by atoms with Crippen LogP contribution < -0.4 is 0 Å². The minimum atomic E-state index is 0.188. The zero-order valence-electron chi connectivity index (χ0n) is 12.4. The molecule has 0 amide bonds. The molecular formula is C15H21N5O. The molecule has 4 rings (SSSR count). The van der Waals surface area contributed by atoms with E-state index in [0.717, 1.165) is 24.8 Å². The summed E-state index contributed by atoms with van der Waals surface area (Å²) in [4.78, 5) is 7.08. The van der Waals surface area contributed by atoms with Gasteiger partial charge in [0, 0.05) is 24.4 Å². The summed E-state index contributed by atoms with van der Waals surface area (Å²) in [5.41, 5.74) is 0. The fourth-order valence-electron chi connectivity index (χ4n) is 3.25. The van der Waals surface area contributed by atoms with Crippen molar-refractivity contribution in [3.63, 3.8) is 0 Å². The highest BCUT2D eigenvalue weighted by molar-refractivity contribution is 5.05. The fourth-order valence-corrected chi connectivity index (χ4v) is 3.25. The predicted octanol–water partition coefficient (Wildman–Crippen LogP) is 2.37. The number of aromatic nitrogens is 4. The number of hydrogen-bond donors (Lipinski definition) is 0. The van der Waals surface area contributed by atoms with Gasteiger partial charge in [-0.3, -0.25) is 9.58 Å². The molecule has 0 N–H and O–H groups in total. The Hall–Kier alpha value is -1.69. The molecule has 2 aromatic heterocycles. The maximum Gasteiger partial charge on any atom is 0.243 e. The minimum absolute atomic E-state index is 0.188. The topological polar surface area (TPSA) is 60.0 Å². The molecule has 112 valence electrons. The first kappa shape index (κ1) is 13.0. The molecule has 1 aliphatic carbocycles. The lowest BCUT2D eigenvalue weighted by atomic mass is 10.2. The van der Waals surface area contributed by atoms with E-state index in [-0.39, 0.29) is 6.04 Å². The third kappa shape index (κ3) is 2.60. The van der Waals surface area contributed by atoms with Gasteiger partial charge in [0.05, 0.1) is 12.6 Å². The van der Waals surface area contributed by atoms with Crippen LogP contribution in [0.5, 0.6) is 0 Å². The van der Waals surface area contributed by atoms with Crippen molar-refractivity contribution in [2.75, 3.05) is 6.54 Å². The van der Waals surface area contributed by atoms with Crippen LogP contribution in [0.3, 0.4) is 0 Å². The zero-order chi connectivity index (χ0) is 14.2. The number of nitrogens with zero attached hydrogens (tertiary/aromatic N) is 5. The van der Waals surface area contributed by atoms with Crippen molar-refractivity contribution in [2.24, 2.45) is 0 Å². The molecule has 3 heterocycles. The summed E-state index contributed by atoms with van der Waals surface area (Å²) < 4.78 is 7.51. The van der Waals surface area contributed by atoms with Gasteiger partial charge in [0.1, 0.15) is 0 Å². The summed E-state index contributed by atoms with van der Waals surface area (Å²) in [6, 6.07) is 2.66. The van der Waals surface area contributed by atoms with E-state index in [2.05, 4.69) is 27.1 Å². The Morgan fingerprint density at radius 1 is 1.38 bits per heavy atom. The third-order valence-electron chi connectivity index (χ3n) is 4.63. The molecule has 1 aliphatic heterocycles. The highest BCUT2D eigenvalue weighted by atomic mass is 16.5. The van der Waals surface area contributed by atoms with Crippen molar-refractivity contribution in [1.82, 2.24) is 24.8 Å². The van der Waals surface area contributed by atoms with Crippen molar-refractivity contribution in [3.8, 4) is 0 Å². The van der Waals surface area contributed by atoms with Crippen molar-refractivity contribution < 1.29 is 4.52 Å². The summed E-state index contributed by atoms with van der Waals surface area (Å²) in [7, 11) is 0. The first-order chi connectivity index (χ1) is 10.3. The molecule has 0 unspecified atom stereocenters. The Bertz CT molecular complexity index is 589. The lowest BCUT2D eigenvalue weighted by Gasteiger charge is -2.28. The van der Waals surface area contributed by atoms with Crippen LogP contribution >= 0.6 is 0 Å². The lowest BCUT2D eigenvalue weighted by molar-refractivity contribution is 0.144. The van der Waals surface area contributed by atoms with Crippen LogP contribution in [0.25, 0.3) is 0 Å². The maximum atomic E-state index is 5.50. The van der Waals surface area contributed by atoms with E-state index in [0.29, 0.717) is 12.0 Å². The second kappa shape index (κ2) is 5.26. The van der Waals surface area contributed by atoms with Crippen LogP contribution in [0, 0.1) is 0 Å². The van der Waals surface area contributed by atoms with E-state index >= 15 is 0 Å². The second-order valence-corrected chi connectivity index (χ2v) is 6.20. The smallest absolute Gasteiger partial charge is 0.243 e. The van der Waals surface area contributed by atoms with Crippen LogP contribution in [0.15, 0.2) is 23.0 Å². The van der Waals surface area contributed by atoms with Crippen molar-refractivity contribution >= 4 is 0 Å². The fraction of sp³-hybridized carbons (Fsp3) is 0.667. The Morgan fingerprint density at radius 3 is 3.05 bits per heavy atom. The summed E-state index contributed by atoms with van der Waals surface area (Å²) >= 11 is 0. The Morgan fingerprint density at radius 2 is 2.29 bits per heavy atom. The summed E-state index contributed by atoms with van der Waals surface area (Å²) in [5, 5.41) is 8.46. The molecule has 6 nitrogen and oxygen atoms in total. The summed E-state index contributed by atoms with van der Waals surface area (Å²) in [6.45, 7) is 4.20. The molecule has 0 spiro atoms. The van der Waals surface area contributed by atoms with Crippen LogP contribution in [-0.2, 0) is 6.54 Å². The first-order valence-corrected chi connectivity index (χ1v) is 7.88. The van der Waals surface area contributed by atoms with E-state index in [4.69, 9.17) is 4.52 Å². The van der Waals surface area contributed by atoms with Crippen LogP contribution in [0.4, 0.5) is 0 Å². The Balaban J connectivity index is 1.47. The second-order valence-electron chi connectivity index (χ2n) is 6.20. The van der Waals surface area contributed by atoms with Gasteiger partial charge < -0.3 is 4.52 Å². The molecule has 6 heteroatoms. The van der Waals surface area contributed by atoms with E-state index in [1.165, 1.54) is 25.7 Å². The van der Waals surface area contributed by atoms with Crippen molar-refractivity contribution in [1.29, 1.82) is 0 Å². The zero-order valence-corrected chi connectivity index (χ0v) is 12.4. The molecule has 0 radical (unpaired) electrons. The molecule has 2 fully saturated rings. The summed E-state index contributed by atoms with van der Waals surface area (Å²) in [5.74, 6) is 2.22. The monoisotopic (exact) mass is 287 g/mol. The molecule has 0 aromatic carbocycles. The van der Waals surface area contributed by atoms with Crippen LogP contribution in [0.1, 0.15) is 56.3 Å². The average Bonchev–Trinajstić information content (AvgIpc) is 2.96. The minimum Gasteiger partial charge on any atom is -0.338 e. The van der Waals surface area contributed by atoms with Gasteiger partial charge in [0.25, 0.3) is 0 Å². The molecule has 2 aliphatic rings. The van der Waals surface area contributed by atoms with Crippen LogP contribution in [0.2, 0.25) is 0 Å². The quantitative estimate of drug-likeness (QED) is 0.845. The van der Waals surface area contributed by atoms with Gasteiger partial charge >= 0.3 is 0 Å². The SMILES string of the molecule is C[C@H](c1nc(C2CC2)no1)N1CCC[C@@H]1Cn1cccn1. The van der Waals surface area contributed by atoms with E-state index in [1.54, 1.807) is 0 Å². The van der Waals surface area contributed by atoms with Gasteiger partial charge in [0.2, 0.25) is 5.89 Å². The maximum absolute atomic E-state index is 5.50. The van der Waals surface area contributed by atoms with E-state index in [9.17, 15) is 0 Å². The van der Waals surface area contributed by atoms with Gasteiger partial charge in [-0.15, -0.1) is 0 Å². The van der Waals surface area contributed by atoms with Gasteiger partial charge in [0.15, 0.2) is 5.82 Å². The number of rotatable bonds is 5. The average molecular weight is 287 g/mol.